The van der Waals surface area contributed by atoms with Crippen molar-refractivity contribution in [2.45, 2.75) is 12.5 Å². The van der Waals surface area contributed by atoms with Crippen LogP contribution in [0.3, 0.4) is 0 Å². The molecule has 0 fully saturated rings. The fourth-order valence-corrected chi connectivity index (χ4v) is 2.17. The summed E-state index contributed by atoms with van der Waals surface area (Å²) >= 11 is 1.76. The van der Waals surface area contributed by atoms with E-state index in [2.05, 4.69) is 16.9 Å². The van der Waals surface area contributed by atoms with Gasteiger partial charge in [0, 0.05) is 13.7 Å². The number of benzene rings is 1. The molecule has 0 saturated carbocycles. The molecule has 112 valence electrons. The maximum absolute atomic E-state index is 11.8. The molecule has 0 aliphatic heterocycles. The summed E-state index contributed by atoms with van der Waals surface area (Å²) < 4.78 is 10.5. The number of methoxy groups -OCH3 is 2. The average molecular weight is 298 g/mol. The van der Waals surface area contributed by atoms with Gasteiger partial charge in [-0.25, -0.2) is 4.79 Å². The van der Waals surface area contributed by atoms with Gasteiger partial charge in [0.1, 0.15) is 5.75 Å². The smallest absolute Gasteiger partial charge is 0.319 e. The maximum Gasteiger partial charge on any atom is 0.319 e. The van der Waals surface area contributed by atoms with E-state index in [0.717, 1.165) is 12.2 Å². The lowest BCUT2D eigenvalue weighted by Crippen LogP contribution is -2.36. The molecule has 1 aromatic carbocycles. The summed E-state index contributed by atoms with van der Waals surface area (Å²) in [5, 5.41) is 5.56. The number of rotatable bonds is 8. The van der Waals surface area contributed by atoms with E-state index in [0.29, 0.717) is 18.0 Å². The molecule has 0 bridgehead atoms. The maximum atomic E-state index is 11.8. The third-order valence-corrected chi connectivity index (χ3v) is 3.47. The lowest BCUT2D eigenvalue weighted by atomic mass is 10.3. The summed E-state index contributed by atoms with van der Waals surface area (Å²) in [4.78, 5) is 11.8. The van der Waals surface area contributed by atoms with Gasteiger partial charge in [0.2, 0.25) is 0 Å². The van der Waals surface area contributed by atoms with Gasteiger partial charge in [-0.15, -0.1) is 0 Å². The zero-order chi connectivity index (χ0) is 14.8. The Bertz CT molecular complexity index is 415. The first-order valence-electron chi connectivity index (χ1n) is 6.40. The van der Waals surface area contributed by atoms with Crippen LogP contribution in [0.1, 0.15) is 6.42 Å². The summed E-state index contributed by atoms with van der Waals surface area (Å²) in [6.07, 6.45) is 2.99. The van der Waals surface area contributed by atoms with Crippen molar-refractivity contribution >= 4 is 23.5 Å². The fourth-order valence-electron chi connectivity index (χ4n) is 1.67. The summed E-state index contributed by atoms with van der Waals surface area (Å²) in [6.45, 7) is 0.484. The molecule has 0 aromatic heterocycles. The minimum atomic E-state index is -0.263. The third-order valence-electron chi connectivity index (χ3n) is 2.82. The Morgan fingerprint density at radius 1 is 1.35 bits per heavy atom. The second-order valence-electron chi connectivity index (χ2n) is 4.17. The molecule has 1 atom stereocenters. The van der Waals surface area contributed by atoms with Gasteiger partial charge in [-0.3, -0.25) is 0 Å². The Morgan fingerprint density at radius 2 is 2.10 bits per heavy atom. The summed E-state index contributed by atoms with van der Waals surface area (Å²) in [5.74, 6) is 1.64. The molecule has 1 aromatic rings. The lowest BCUT2D eigenvalue weighted by molar-refractivity contribution is 0.102. The molecule has 5 nitrogen and oxygen atoms in total. The first-order chi connectivity index (χ1) is 9.71. The van der Waals surface area contributed by atoms with E-state index < -0.39 is 0 Å². The van der Waals surface area contributed by atoms with Crippen molar-refractivity contribution in [3.63, 3.8) is 0 Å². The molecule has 0 saturated heterocycles. The molecule has 0 heterocycles. The van der Waals surface area contributed by atoms with E-state index in [-0.39, 0.29) is 12.1 Å². The van der Waals surface area contributed by atoms with Crippen LogP contribution in [0.2, 0.25) is 0 Å². The number of hydrogen-bond acceptors (Lipinski definition) is 4. The minimum Gasteiger partial charge on any atom is -0.495 e. The van der Waals surface area contributed by atoms with Crippen molar-refractivity contribution in [3.8, 4) is 5.75 Å². The van der Waals surface area contributed by atoms with Gasteiger partial charge in [0.25, 0.3) is 0 Å². The minimum absolute atomic E-state index is 0.0332. The summed E-state index contributed by atoms with van der Waals surface area (Å²) in [6, 6.07) is 7.02. The second kappa shape index (κ2) is 9.50. The molecule has 1 unspecified atom stereocenters. The molecular weight excluding hydrogens is 276 g/mol. The Balaban J connectivity index is 2.43. The number of urea groups is 1. The second-order valence-corrected chi connectivity index (χ2v) is 5.16. The zero-order valence-corrected chi connectivity index (χ0v) is 13.0. The van der Waals surface area contributed by atoms with Crippen LogP contribution in [0.25, 0.3) is 0 Å². The molecule has 2 amide bonds. The molecule has 0 spiro atoms. The van der Waals surface area contributed by atoms with Gasteiger partial charge in [-0.05, 0) is 30.6 Å². The Hall–Kier alpha value is -1.40. The molecule has 2 N–H and O–H groups in total. The van der Waals surface area contributed by atoms with Crippen molar-refractivity contribution in [3.05, 3.63) is 24.3 Å². The van der Waals surface area contributed by atoms with E-state index >= 15 is 0 Å². The highest BCUT2D eigenvalue weighted by Gasteiger charge is 2.10. The molecular formula is C14H22N2O3S. The largest absolute Gasteiger partial charge is 0.495 e. The molecule has 6 heteroatoms. The first-order valence-corrected chi connectivity index (χ1v) is 7.80. The highest BCUT2D eigenvalue weighted by Crippen LogP contribution is 2.22. The number of para-hydroxylation sites is 2. The number of anilines is 1. The van der Waals surface area contributed by atoms with Crippen LogP contribution in [-0.2, 0) is 4.74 Å². The van der Waals surface area contributed by atoms with E-state index in [9.17, 15) is 4.79 Å². The predicted molar refractivity (Wildman–Crippen MR) is 83.8 cm³/mol. The number of thioether (sulfide) groups is 1. The van der Waals surface area contributed by atoms with Crippen LogP contribution in [-0.4, -0.2) is 44.9 Å². The van der Waals surface area contributed by atoms with Gasteiger partial charge in [0.05, 0.1) is 18.9 Å². The van der Waals surface area contributed by atoms with Crippen molar-refractivity contribution in [2.24, 2.45) is 0 Å². The number of ether oxygens (including phenoxy) is 2. The van der Waals surface area contributed by atoms with E-state index in [1.807, 2.05) is 12.1 Å². The van der Waals surface area contributed by atoms with Crippen molar-refractivity contribution in [2.75, 3.05) is 38.1 Å². The number of amides is 2. The molecule has 0 aliphatic carbocycles. The molecule has 20 heavy (non-hydrogen) atoms. The monoisotopic (exact) mass is 298 g/mol. The topological polar surface area (TPSA) is 59.6 Å². The number of nitrogens with one attached hydrogen (secondary N) is 2. The van der Waals surface area contributed by atoms with Crippen molar-refractivity contribution in [1.82, 2.24) is 5.32 Å². The molecule has 1 rings (SSSR count). The third kappa shape index (κ3) is 5.71. The van der Waals surface area contributed by atoms with E-state index in [1.165, 1.54) is 0 Å². The number of carbonyl (C=O) groups is 1. The van der Waals surface area contributed by atoms with Crippen LogP contribution >= 0.6 is 11.8 Å². The summed E-state index contributed by atoms with van der Waals surface area (Å²) in [5.41, 5.74) is 0.644. The highest BCUT2D eigenvalue weighted by atomic mass is 32.2. The summed E-state index contributed by atoms with van der Waals surface area (Å²) in [7, 11) is 3.23. The Kier molecular flexibility index (Phi) is 7.91. The predicted octanol–water partition coefficient (Wildman–Crippen LogP) is 2.58. The van der Waals surface area contributed by atoms with Crippen LogP contribution < -0.4 is 15.4 Å². The fraction of sp³-hybridized carbons (Fsp3) is 0.500. The van der Waals surface area contributed by atoms with Gasteiger partial charge in [-0.2, -0.15) is 11.8 Å². The standard InChI is InChI=1S/C14H22N2O3S/c1-18-11(8-9-20-3)10-15-14(17)16-12-6-4-5-7-13(12)19-2/h4-7,11H,8-10H2,1-3H3,(H2,15,16,17). The lowest BCUT2D eigenvalue weighted by Gasteiger charge is -2.16. The Labute approximate surface area is 124 Å². The normalized spacial score (nSPS) is 11.8. The zero-order valence-electron chi connectivity index (χ0n) is 12.1. The number of hydrogen-bond donors (Lipinski definition) is 2. The van der Waals surface area contributed by atoms with Gasteiger partial charge in [-0.1, -0.05) is 12.1 Å². The van der Waals surface area contributed by atoms with Crippen LogP contribution in [0.5, 0.6) is 5.75 Å². The molecule has 0 radical (unpaired) electrons. The first kappa shape index (κ1) is 16.7. The highest BCUT2D eigenvalue weighted by molar-refractivity contribution is 7.98. The Morgan fingerprint density at radius 3 is 2.75 bits per heavy atom. The van der Waals surface area contributed by atoms with E-state index in [4.69, 9.17) is 9.47 Å². The quantitative estimate of drug-likeness (QED) is 0.774. The molecule has 0 aliphatic rings. The van der Waals surface area contributed by atoms with E-state index in [1.54, 1.807) is 38.1 Å². The van der Waals surface area contributed by atoms with Crippen LogP contribution in [0, 0.1) is 0 Å². The van der Waals surface area contributed by atoms with Crippen molar-refractivity contribution < 1.29 is 14.3 Å². The number of carbonyl (C=O) groups excluding carboxylic acids is 1. The average Bonchev–Trinajstić information content (AvgIpc) is 2.48. The van der Waals surface area contributed by atoms with Gasteiger partial charge < -0.3 is 20.1 Å². The SMILES string of the molecule is COc1ccccc1NC(=O)NCC(CCSC)OC. The van der Waals surface area contributed by atoms with Crippen molar-refractivity contribution in [1.29, 1.82) is 0 Å². The van der Waals surface area contributed by atoms with Crippen LogP contribution in [0.15, 0.2) is 24.3 Å². The van der Waals surface area contributed by atoms with Crippen LogP contribution in [0.4, 0.5) is 10.5 Å². The van der Waals surface area contributed by atoms with Gasteiger partial charge in [0.15, 0.2) is 0 Å². The van der Waals surface area contributed by atoms with Gasteiger partial charge >= 0.3 is 6.03 Å².